The number of aliphatic hydroxyl groups excluding tert-OH is 1. The number of allylic oxidation sites excluding steroid dienone is 1. The summed E-state index contributed by atoms with van der Waals surface area (Å²) in [5, 5.41) is 9.96. The predicted molar refractivity (Wildman–Crippen MR) is 78.1 cm³/mol. The number of aliphatic hydroxyl groups is 1. The van der Waals surface area contributed by atoms with Crippen LogP contribution in [0, 0.1) is 0 Å². The fourth-order valence-electron chi connectivity index (χ4n) is 2.72. The summed E-state index contributed by atoms with van der Waals surface area (Å²) < 4.78 is 0. The number of H-pyrrole nitrogens is 1. The molecule has 0 bridgehead atoms. The van der Waals surface area contributed by atoms with Crippen LogP contribution in [0.5, 0.6) is 0 Å². The summed E-state index contributed by atoms with van der Waals surface area (Å²) in [6.45, 7) is 0. The van der Waals surface area contributed by atoms with Crippen LogP contribution in [0.3, 0.4) is 0 Å². The van der Waals surface area contributed by atoms with E-state index < -0.39 is 0 Å². The fraction of sp³-hybridized carbons (Fsp3) is 0.200. The normalized spacial score (nSPS) is 19.0. The second kappa shape index (κ2) is 5.95. The molecule has 20 heavy (non-hydrogen) atoms. The Morgan fingerprint density at radius 3 is 2.50 bits per heavy atom. The van der Waals surface area contributed by atoms with Gasteiger partial charge in [0.25, 0.3) is 0 Å². The van der Waals surface area contributed by atoms with Crippen LogP contribution in [0.2, 0.25) is 0 Å². The Bertz CT molecular complexity index is 682. The third-order valence-corrected chi connectivity index (χ3v) is 3.66. The number of benzene rings is 1. The van der Waals surface area contributed by atoms with Gasteiger partial charge in [-0.15, -0.1) is 0 Å². The van der Waals surface area contributed by atoms with E-state index in [1.165, 1.54) is 0 Å². The molecule has 1 aliphatic carbocycles. The van der Waals surface area contributed by atoms with Crippen LogP contribution in [-0.2, 0) is 9.59 Å². The van der Waals surface area contributed by atoms with E-state index in [2.05, 4.69) is 4.98 Å². The molecule has 0 unspecified atom stereocenters. The number of carbonyl (C=O) groups excluding carboxylic acids is 2. The number of hydrogen-bond donors (Lipinski definition) is 2. The van der Waals surface area contributed by atoms with Crippen LogP contribution < -0.4 is 0 Å². The van der Waals surface area contributed by atoms with Crippen LogP contribution in [0.1, 0.15) is 24.3 Å². The van der Waals surface area contributed by atoms with Gasteiger partial charge in [-0.25, -0.2) is 0 Å². The van der Waals surface area contributed by atoms with Crippen LogP contribution in [0.25, 0.3) is 10.9 Å². The van der Waals surface area contributed by atoms with E-state index >= 15 is 0 Å². The van der Waals surface area contributed by atoms with Gasteiger partial charge in [-0.05, 0) is 23.6 Å². The Morgan fingerprint density at radius 2 is 1.85 bits per heavy atom. The zero-order valence-corrected chi connectivity index (χ0v) is 10.2. The molecule has 0 atom stereocenters. The number of rotatable bonds is 1. The fourth-order valence-corrected chi connectivity index (χ4v) is 2.72. The number of aromatic amines is 1. The molecule has 1 fully saturated rings. The zero-order valence-electron chi connectivity index (χ0n) is 10.2. The minimum absolute atomic E-state index is 0. The molecule has 1 aromatic heterocycles. The first kappa shape index (κ1) is 15.0. The molecule has 4 nitrogen and oxygen atoms in total. The molecule has 1 aliphatic rings. The van der Waals surface area contributed by atoms with E-state index in [9.17, 15) is 9.59 Å². The van der Waals surface area contributed by atoms with Crippen molar-refractivity contribution in [3.05, 3.63) is 47.9 Å². The zero-order chi connectivity index (χ0) is 13.4. The van der Waals surface area contributed by atoms with Crippen LogP contribution in [0.15, 0.2) is 42.3 Å². The molecular formula is C15H14NNaO3. The average molecular weight is 279 g/mol. The molecule has 98 valence electrons. The Balaban J connectivity index is 0.00000147. The van der Waals surface area contributed by atoms with Crippen molar-refractivity contribution in [1.29, 1.82) is 0 Å². The van der Waals surface area contributed by atoms with E-state index in [0.717, 1.165) is 16.5 Å². The van der Waals surface area contributed by atoms with Crippen molar-refractivity contribution in [2.75, 3.05) is 0 Å². The van der Waals surface area contributed by atoms with Crippen molar-refractivity contribution in [3.8, 4) is 0 Å². The van der Waals surface area contributed by atoms with E-state index in [1.54, 1.807) is 0 Å². The first-order valence-electron chi connectivity index (χ1n) is 6.17. The summed E-state index contributed by atoms with van der Waals surface area (Å²) in [4.78, 5) is 26.8. The standard InChI is InChI=1S/C15H13NO3.Na.H/c17-8-12-14(18)6-9(7-15(12)19)10-2-1-3-13-11(10)4-5-16-13;;/h1-5,8-9,16-17H,6-7H2;;. The molecule has 0 radical (unpaired) electrons. The third-order valence-electron chi connectivity index (χ3n) is 3.66. The van der Waals surface area contributed by atoms with E-state index in [-0.39, 0.29) is 65.5 Å². The Morgan fingerprint density at radius 1 is 1.15 bits per heavy atom. The van der Waals surface area contributed by atoms with Crippen molar-refractivity contribution in [2.45, 2.75) is 18.8 Å². The number of nitrogens with one attached hydrogen (secondary N) is 1. The van der Waals surface area contributed by atoms with Gasteiger partial charge in [-0.1, -0.05) is 12.1 Å². The van der Waals surface area contributed by atoms with E-state index in [0.29, 0.717) is 6.26 Å². The van der Waals surface area contributed by atoms with Gasteiger partial charge in [0.1, 0.15) is 0 Å². The Hall–Kier alpha value is -1.36. The molecule has 1 aromatic carbocycles. The van der Waals surface area contributed by atoms with Gasteiger partial charge in [0.15, 0.2) is 11.6 Å². The van der Waals surface area contributed by atoms with E-state index in [4.69, 9.17) is 5.11 Å². The monoisotopic (exact) mass is 279 g/mol. The van der Waals surface area contributed by atoms with Gasteiger partial charge < -0.3 is 10.1 Å². The maximum absolute atomic E-state index is 11.8. The minimum atomic E-state index is -0.281. The number of hydrogen-bond acceptors (Lipinski definition) is 3. The summed E-state index contributed by atoms with van der Waals surface area (Å²) >= 11 is 0. The molecule has 1 heterocycles. The van der Waals surface area contributed by atoms with Crippen molar-refractivity contribution in [3.63, 3.8) is 0 Å². The number of ketones is 2. The number of Topliss-reactive ketones (excluding diaryl/α,β-unsaturated/α-hetero) is 2. The summed E-state index contributed by atoms with van der Waals surface area (Å²) in [5.74, 6) is -0.671. The molecule has 2 N–H and O–H groups in total. The molecule has 0 spiro atoms. The number of carbonyl (C=O) groups is 2. The van der Waals surface area contributed by atoms with Gasteiger partial charge in [-0.2, -0.15) is 0 Å². The van der Waals surface area contributed by atoms with Crippen molar-refractivity contribution in [1.82, 2.24) is 4.98 Å². The topological polar surface area (TPSA) is 70.2 Å². The van der Waals surface area contributed by atoms with Gasteiger partial charge >= 0.3 is 29.6 Å². The summed E-state index contributed by atoms with van der Waals surface area (Å²) in [5.41, 5.74) is 1.94. The van der Waals surface area contributed by atoms with Gasteiger partial charge in [-0.3, -0.25) is 9.59 Å². The predicted octanol–water partition coefficient (Wildman–Crippen LogP) is 1.98. The second-order valence-electron chi connectivity index (χ2n) is 4.78. The van der Waals surface area contributed by atoms with Crippen LogP contribution in [-0.4, -0.2) is 51.2 Å². The van der Waals surface area contributed by atoms with Gasteiger partial charge in [0.05, 0.1) is 11.8 Å². The number of fused-ring (bicyclic) bond motifs is 1. The van der Waals surface area contributed by atoms with Crippen molar-refractivity contribution >= 4 is 52.0 Å². The molecule has 0 amide bonds. The third kappa shape index (κ3) is 2.46. The van der Waals surface area contributed by atoms with Crippen LogP contribution in [0.4, 0.5) is 0 Å². The van der Waals surface area contributed by atoms with Crippen molar-refractivity contribution in [2.24, 2.45) is 0 Å². The Kier molecular flexibility index (Phi) is 4.48. The molecule has 1 saturated carbocycles. The van der Waals surface area contributed by atoms with Gasteiger partial charge in [0, 0.05) is 29.9 Å². The molecule has 0 saturated heterocycles. The summed E-state index contributed by atoms with van der Waals surface area (Å²) in [7, 11) is 0. The average Bonchev–Trinajstić information content (AvgIpc) is 2.86. The van der Waals surface area contributed by atoms with Crippen LogP contribution >= 0.6 is 0 Å². The van der Waals surface area contributed by atoms with E-state index in [1.807, 2.05) is 30.5 Å². The molecule has 3 rings (SSSR count). The summed E-state index contributed by atoms with van der Waals surface area (Å²) in [6.07, 6.45) is 3.02. The molecular weight excluding hydrogens is 265 g/mol. The SMILES string of the molecule is O=C1CC(c2cccc3[nH]ccc23)CC(=O)C1=CO.[NaH]. The molecule has 5 heteroatoms. The number of aromatic nitrogens is 1. The quantitative estimate of drug-likeness (QED) is 0.363. The van der Waals surface area contributed by atoms with Crippen molar-refractivity contribution < 1.29 is 14.7 Å². The molecule has 0 aliphatic heterocycles. The maximum atomic E-state index is 11.8. The second-order valence-corrected chi connectivity index (χ2v) is 4.78. The summed E-state index contributed by atoms with van der Waals surface area (Å²) in [6, 6.07) is 7.79. The molecule has 2 aromatic rings. The first-order valence-corrected chi connectivity index (χ1v) is 6.17. The van der Waals surface area contributed by atoms with Gasteiger partial charge in [0.2, 0.25) is 0 Å². The first-order chi connectivity index (χ1) is 9.20. The Labute approximate surface area is 138 Å².